The van der Waals surface area contributed by atoms with Crippen LogP contribution in [-0.4, -0.2) is 16.1 Å². The molecule has 0 saturated heterocycles. The van der Waals surface area contributed by atoms with Crippen LogP contribution in [0.1, 0.15) is 37.3 Å². The van der Waals surface area contributed by atoms with Crippen molar-refractivity contribution in [2.75, 3.05) is 5.32 Å². The van der Waals surface area contributed by atoms with Crippen LogP contribution in [0.25, 0.3) is 6.08 Å². The van der Waals surface area contributed by atoms with E-state index in [2.05, 4.69) is 24.5 Å². The molecule has 0 aliphatic heterocycles. The number of phenolic OH excluding ortho intramolecular Hbond substituents is 1. The number of hydrogen-bond donors (Lipinski definition) is 3. The maximum atomic E-state index is 12.0. The van der Waals surface area contributed by atoms with Gasteiger partial charge in [-0.3, -0.25) is 10.1 Å². The number of aromatic hydroxyl groups is 1. The second kappa shape index (κ2) is 9.36. The van der Waals surface area contributed by atoms with Gasteiger partial charge >= 0.3 is 0 Å². The first kappa shape index (κ1) is 19.9. The fraction of sp³-hybridized carbons (Fsp3) is 0.200. The zero-order valence-corrected chi connectivity index (χ0v) is 16.2. The maximum Gasteiger partial charge on any atom is 0.250 e. The fourth-order valence-electron chi connectivity index (χ4n) is 2.25. The second-order valence-electron chi connectivity index (χ2n) is 5.91. The number of carbonyl (C=O) groups is 1. The van der Waals surface area contributed by atoms with E-state index in [0.29, 0.717) is 16.6 Å². The highest BCUT2D eigenvalue weighted by molar-refractivity contribution is 7.80. The number of halogens is 1. The summed E-state index contributed by atoms with van der Waals surface area (Å²) in [5.41, 5.74) is 2.40. The summed E-state index contributed by atoms with van der Waals surface area (Å²) in [4.78, 5) is 12.0. The minimum atomic E-state index is -0.366. The third kappa shape index (κ3) is 5.86. The molecular weight excluding hydrogens is 368 g/mol. The number of anilines is 1. The summed E-state index contributed by atoms with van der Waals surface area (Å²) >= 11 is 11.0. The average Bonchev–Trinajstić information content (AvgIpc) is 2.62. The van der Waals surface area contributed by atoms with Gasteiger partial charge in [0.15, 0.2) is 5.11 Å². The molecule has 2 rings (SSSR count). The first-order chi connectivity index (χ1) is 12.4. The Morgan fingerprint density at radius 2 is 1.96 bits per heavy atom. The molecule has 26 heavy (non-hydrogen) atoms. The number of hydrogen-bond acceptors (Lipinski definition) is 3. The van der Waals surface area contributed by atoms with Crippen LogP contribution >= 0.6 is 23.8 Å². The van der Waals surface area contributed by atoms with Crippen LogP contribution in [0.2, 0.25) is 5.02 Å². The van der Waals surface area contributed by atoms with Crippen molar-refractivity contribution in [3.63, 3.8) is 0 Å². The quantitative estimate of drug-likeness (QED) is 0.379. The zero-order valence-electron chi connectivity index (χ0n) is 14.6. The molecule has 0 heterocycles. The van der Waals surface area contributed by atoms with Crippen LogP contribution in [0.3, 0.4) is 0 Å². The molecule has 136 valence electrons. The molecule has 6 heteroatoms. The van der Waals surface area contributed by atoms with Gasteiger partial charge in [-0.25, -0.2) is 0 Å². The van der Waals surface area contributed by atoms with Crippen molar-refractivity contribution in [1.82, 2.24) is 5.32 Å². The summed E-state index contributed by atoms with van der Waals surface area (Å²) in [5, 5.41) is 16.2. The molecule has 1 atom stereocenters. The van der Waals surface area contributed by atoms with Crippen LogP contribution in [0, 0.1) is 0 Å². The van der Waals surface area contributed by atoms with Crippen LogP contribution < -0.4 is 10.6 Å². The minimum Gasteiger partial charge on any atom is -0.506 e. The molecule has 0 spiro atoms. The number of nitrogens with one attached hydrogen (secondary N) is 2. The van der Waals surface area contributed by atoms with Crippen LogP contribution in [0.5, 0.6) is 5.75 Å². The van der Waals surface area contributed by atoms with Gasteiger partial charge in [0.25, 0.3) is 0 Å². The Balaban J connectivity index is 1.97. The molecule has 0 radical (unpaired) electrons. The summed E-state index contributed by atoms with van der Waals surface area (Å²) in [7, 11) is 0. The number of thiocarbonyl (C=S) groups is 1. The fourth-order valence-corrected chi connectivity index (χ4v) is 2.59. The van der Waals surface area contributed by atoms with E-state index in [9.17, 15) is 9.90 Å². The van der Waals surface area contributed by atoms with Gasteiger partial charge in [0, 0.05) is 11.1 Å². The molecule has 3 N–H and O–H groups in total. The molecule has 0 bridgehead atoms. The summed E-state index contributed by atoms with van der Waals surface area (Å²) in [6.45, 7) is 4.21. The van der Waals surface area contributed by atoms with Crippen molar-refractivity contribution in [2.24, 2.45) is 0 Å². The highest BCUT2D eigenvalue weighted by Crippen LogP contribution is 2.28. The van der Waals surface area contributed by atoms with Crippen molar-refractivity contribution < 1.29 is 9.90 Å². The van der Waals surface area contributed by atoms with Gasteiger partial charge < -0.3 is 10.4 Å². The lowest BCUT2D eigenvalue weighted by Crippen LogP contribution is -2.32. The van der Waals surface area contributed by atoms with Crippen LogP contribution in [0.15, 0.2) is 48.5 Å². The molecule has 0 aliphatic rings. The first-order valence-corrected chi connectivity index (χ1v) is 9.06. The molecule has 2 aromatic rings. The minimum absolute atomic E-state index is 0.0744. The molecule has 1 unspecified atom stereocenters. The molecular formula is C20H21ClN2O2S. The first-order valence-electron chi connectivity index (χ1n) is 8.27. The number of phenols is 1. The number of benzene rings is 2. The summed E-state index contributed by atoms with van der Waals surface area (Å²) in [5.74, 6) is 0.0713. The Morgan fingerprint density at radius 1 is 1.27 bits per heavy atom. The monoisotopic (exact) mass is 388 g/mol. The highest BCUT2D eigenvalue weighted by atomic mass is 35.5. The number of amides is 1. The predicted molar refractivity (Wildman–Crippen MR) is 112 cm³/mol. The van der Waals surface area contributed by atoms with E-state index in [1.165, 1.54) is 6.08 Å². The lowest BCUT2D eigenvalue weighted by atomic mass is 9.98. The predicted octanol–water partition coefficient (Wildman–Crippen LogP) is 5.09. The summed E-state index contributed by atoms with van der Waals surface area (Å²) < 4.78 is 0. The summed E-state index contributed by atoms with van der Waals surface area (Å²) in [6, 6.07) is 12.4. The van der Waals surface area contributed by atoms with Crippen molar-refractivity contribution in [1.29, 1.82) is 0 Å². The Morgan fingerprint density at radius 3 is 2.62 bits per heavy atom. The van der Waals surface area contributed by atoms with Crippen LogP contribution in [0.4, 0.5) is 5.69 Å². The van der Waals surface area contributed by atoms with Crippen molar-refractivity contribution in [2.45, 2.75) is 26.2 Å². The highest BCUT2D eigenvalue weighted by Gasteiger charge is 2.09. The molecule has 1 amide bonds. The number of carbonyl (C=O) groups excluding carboxylic acids is 1. The summed E-state index contributed by atoms with van der Waals surface area (Å²) in [6.07, 6.45) is 4.03. The van der Waals surface area contributed by atoms with E-state index in [0.717, 1.165) is 17.5 Å². The Hall–Kier alpha value is -2.37. The van der Waals surface area contributed by atoms with Gasteiger partial charge in [-0.05, 0) is 66.0 Å². The maximum absolute atomic E-state index is 12.0. The van der Waals surface area contributed by atoms with Gasteiger partial charge in [-0.15, -0.1) is 0 Å². The van der Waals surface area contributed by atoms with Crippen LogP contribution in [-0.2, 0) is 4.79 Å². The van der Waals surface area contributed by atoms with E-state index in [-0.39, 0.29) is 16.8 Å². The van der Waals surface area contributed by atoms with Gasteiger partial charge in [0.05, 0.1) is 5.69 Å². The smallest absolute Gasteiger partial charge is 0.250 e. The van der Waals surface area contributed by atoms with Gasteiger partial charge in [-0.1, -0.05) is 43.6 Å². The van der Waals surface area contributed by atoms with E-state index in [1.807, 2.05) is 12.1 Å². The van der Waals surface area contributed by atoms with Gasteiger partial charge in [0.2, 0.25) is 5.91 Å². The topological polar surface area (TPSA) is 61.4 Å². The number of rotatable bonds is 5. The molecule has 0 saturated carbocycles. The normalized spacial score (nSPS) is 12.0. The van der Waals surface area contributed by atoms with E-state index < -0.39 is 0 Å². The molecule has 0 aliphatic carbocycles. The Labute approximate surface area is 163 Å². The standard InChI is InChI=1S/C20H21ClN2O2S/c1-3-13(2)15-7-10-18(24)17(12-15)22-20(26)23-19(25)11-6-14-4-8-16(21)9-5-14/h4-13,24H,3H2,1-2H3,(H2,22,23,25,26). The molecule has 0 aromatic heterocycles. The van der Waals surface area contributed by atoms with Crippen molar-refractivity contribution in [3.05, 3.63) is 64.7 Å². The largest absolute Gasteiger partial charge is 0.506 e. The van der Waals surface area contributed by atoms with Gasteiger partial charge in [0.1, 0.15) is 5.75 Å². The van der Waals surface area contributed by atoms with Crippen molar-refractivity contribution in [3.8, 4) is 5.75 Å². The third-order valence-electron chi connectivity index (χ3n) is 3.98. The molecule has 0 fully saturated rings. The SMILES string of the molecule is CCC(C)c1ccc(O)c(NC(=S)NC(=O)C=Cc2ccc(Cl)cc2)c1. The second-order valence-corrected chi connectivity index (χ2v) is 6.76. The van der Waals surface area contributed by atoms with Gasteiger partial charge in [-0.2, -0.15) is 0 Å². The zero-order chi connectivity index (χ0) is 19.1. The molecule has 2 aromatic carbocycles. The van der Waals surface area contributed by atoms with Crippen molar-refractivity contribution >= 4 is 46.6 Å². The third-order valence-corrected chi connectivity index (χ3v) is 4.44. The Kier molecular flexibility index (Phi) is 7.18. The lowest BCUT2D eigenvalue weighted by molar-refractivity contribution is -0.115. The average molecular weight is 389 g/mol. The van der Waals surface area contributed by atoms with E-state index in [4.69, 9.17) is 23.8 Å². The van der Waals surface area contributed by atoms with E-state index >= 15 is 0 Å². The lowest BCUT2D eigenvalue weighted by Gasteiger charge is -2.14. The Bertz CT molecular complexity index is 819. The molecule has 4 nitrogen and oxygen atoms in total. The van der Waals surface area contributed by atoms with E-state index in [1.54, 1.807) is 36.4 Å².